The monoisotopic (exact) mass is 779 g/mol. The molecule has 11 nitrogen and oxygen atoms in total. The Labute approximate surface area is 331 Å². The molecule has 0 bridgehead atoms. The fourth-order valence-electron chi connectivity index (χ4n) is 6.35. The topological polar surface area (TPSA) is 128 Å². The Morgan fingerprint density at radius 3 is 2.19 bits per heavy atom. The summed E-state index contributed by atoms with van der Waals surface area (Å²) in [5.41, 5.74) is 3.49. The molecule has 0 aliphatic rings. The van der Waals surface area contributed by atoms with E-state index in [2.05, 4.69) is 10.3 Å². The van der Waals surface area contributed by atoms with Crippen LogP contribution in [0.1, 0.15) is 17.7 Å². The maximum atomic E-state index is 13.5. The summed E-state index contributed by atoms with van der Waals surface area (Å²) in [5.74, 6) is 1.78. The molecule has 0 spiro atoms. The average Bonchev–Trinajstić information content (AvgIpc) is 3.71. The smallest absolute Gasteiger partial charge is 0.235 e. The van der Waals surface area contributed by atoms with E-state index in [4.69, 9.17) is 27.8 Å². The highest BCUT2D eigenvalue weighted by atomic mass is 19.1. The minimum absolute atomic E-state index is 0.163. The summed E-state index contributed by atoms with van der Waals surface area (Å²) in [4.78, 5) is 25.9. The third kappa shape index (κ3) is 9.14. The number of aryl methyl sites for hydroxylation is 1. The minimum Gasteiger partial charge on any atom is -0.494 e. The van der Waals surface area contributed by atoms with Crippen LogP contribution in [0.25, 0.3) is 44.6 Å². The molecule has 8 rings (SSSR count). The first-order valence-electron chi connectivity index (χ1n) is 18.9. The molecule has 0 amide bonds. The van der Waals surface area contributed by atoms with Gasteiger partial charge in [0.15, 0.2) is 11.2 Å². The SMILES string of the molecule is O=c1cc(-c2ccc(OCCCc3cn(CCOCCOc4ccc(-c5oc6ccccc6c(=O)c5OCc5ccccc5)cc4)nn3)cc2)oc2ccc(F)cc12. The number of aromatic nitrogens is 3. The maximum absolute atomic E-state index is 13.5. The lowest BCUT2D eigenvalue weighted by Gasteiger charge is -2.12. The number of benzene rings is 5. The van der Waals surface area contributed by atoms with E-state index in [1.54, 1.807) is 22.9 Å². The van der Waals surface area contributed by atoms with E-state index in [-0.39, 0.29) is 28.6 Å². The van der Waals surface area contributed by atoms with Gasteiger partial charge in [0, 0.05) is 23.4 Å². The number of hydrogen-bond donors (Lipinski definition) is 0. The van der Waals surface area contributed by atoms with Crippen molar-refractivity contribution in [1.82, 2.24) is 15.0 Å². The lowest BCUT2D eigenvalue weighted by atomic mass is 10.1. The van der Waals surface area contributed by atoms with Crippen LogP contribution in [-0.2, 0) is 24.3 Å². The van der Waals surface area contributed by atoms with Crippen LogP contribution in [0.5, 0.6) is 17.2 Å². The second kappa shape index (κ2) is 17.8. The fourth-order valence-corrected chi connectivity index (χ4v) is 6.35. The second-order valence-electron chi connectivity index (χ2n) is 13.4. The number of fused-ring (bicyclic) bond motifs is 2. The predicted octanol–water partition coefficient (Wildman–Crippen LogP) is 8.65. The van der Waals surface area contributed by atoms with Crippen LogP contribution < -0.4 is 25.1 Å². The maximum Gasteiger partial charge on any atom is 0.235 e. The number of halogens is 1. The van der Waals surface area contributed by atoms with E-state index in [1.165, 1.54) is 24.3 Å². The second-order valence-corrected chi connectivity index (χ2v) is 13.4. The number of rotatable bonds is 17. The van der Waals surface area contributed by atoms with Crippen molar-refractivity contribution in [2.75, 3.05) is 26.4 Å². The molecule has 0 saturated carbocycles. The van der Waals surface area contributed by atoms with Gasteiger partial charge in [-0.25, -0.2) is 9.07 Å². The van der Waals surface area contributed by atoms with Crippen LogP contribution in [0, 0.1) is 5.82 Å². The van der Waals surface area contributed by atoms with Crippen LogP contribution >= 0.6 is 0 Å². The van der Waals surface area contributed by atoms with Gasteiger partial charge in [0.05, 0.1) is 42.8 Å². The molecule has 3 aromatic heterocycles. The quantitative estimate of drug-likeness (QED) is 0.0829. The van der Waals surface area contributed by atoms with Crippen LogP contribution in [0.4, 0.5) is 4.39 Å². The third-order valence-electron chi connectivity index (χ3n) is 9.32. The number of para-hydroxylation sites is 1. The molecule has 0 fully saturated rings. The molecule has 0 N–H and O–H groups in total. The summed E-state index contributed by atoms with van der Waals surface area (Å²) in [5, 5.41) is 9.13. The van der Waals surface area contributed by atoms with Gasteiger partial charge in [0.25, 0.3) is 0 Å². The molecular weight excluding hydrogens is 742 g/mol. The summed E-state index contributed by atoms with van der Waals surface area (Å²) >= 11 is 0. The molecule has 0 atom stereocenters. The number of ether oxygens (including phenoxy) is 4. The molecule has 3 heterocycles. The van der Waals surface area contributed by atoms with Crippen molar-refractivity contribution >= 4 is 21.9 Å². The van der Waals surface area contributed by atoms with Gasteiger partial charge in [-0.05, 0) is 97.3 Å². The van der Waals surface area contributed by atoms with Gasteiger partial charge in [0.1, 0.15) is 47.5 Å². The van der Waals surface area contributed by atoms with Gasteiger partial charge in [0.2, 0.25) is 11.2 Å². The van der Waals surface area contributed by atoms with Crippen LogP contribution in [0.3, 0.4) is 0 Å². The van der Waals surface area contributed by atoms with Crippen molar-refractivity contribution in [3.8, 4) is 39.9 Å². The Morgan fingerprint density at radius 2 is 1.38 bits per heavy atom. The van der Waals surface area contributed by atoms with E-state index in [1.807, 2.05) is 91.1 Å². The van der Waals surface area contributed by atoms with Gasteiger partial charge >= 0.3 is 0 Å². The number of hydrogen-bond acceptors (Lipinski definition) is 10. The summed E-state index contributed by atoms with van der Waals surface area (Å²) in [6, 6.07) is 36.7. The van der Waals surface area contributed by atoms with Crippen LogP contribution in [0.2, 0.25) is 0 Å². The lowest BCUT2D eigenvalue weighted by molar-refractivity contribution is 0.0923. The van der Waals surface area contributed by atoms with E-state index in [9.17, 15) is 14.0 Å². The van der Waals surface area contributed by atoms with Crippen molar-refractivity contribution in [2.24, 2.45) is 0 Å². The Balaban J connectivity index is 0.752. The molecule has 5 aromatic carbocycles. The van der Waals surface area contributed by atoms with Gasteiger partial charge in [-0.2, -0.15) is 0 Å². The Hall–Kier alpha value is -7.05. The predicted molar refractivity (Wildman–Crippen MR) is 217 cm³/mol. The third-order valence-corrected chi connectivity index (χ3v) is 9.32. The average molecular weight is 780 g/mol. The van der Waals surface area contributed by atoms with Crippen LogP contribution in [0.15, 0.2) is 152 Å². The molecule has 292 valence electrons. The minimum atomic E-state index is -0.484. The Bertz CT molecular complexity index is 2750. The summed E-state index contributed by atoms with van der Waals surface area (Å²) < 4.78 is 50.9. The van der Waals surface area contributed by atoms with E-state index in [0.717, 1.165) is 17.7 Å². The molecule has 0 radical (unpaired) electrons. The van der Waals surface area contributed by atoms with Gasteiger partial charge in [-0.15, -0.1) is 5.10 Å². The van der Waals surface area contributed by atoms with Crippen molar-refractivity contribution < 1.29 is 32.2 Å². The normalized spacial score (nSPS) is 11.3. The van der Waals surface area contributed by atoms with Crippen molar-refractivity contribution in [3.63, 3.8) is 0 Å². The zero-order valence-electron chi connectivity index (χ0n) is 31.3. The van der Waals surface area contributed by atoms with Crippen molar-refractivity contribution in [3.05, 3.63) is 171 Å². The molecule has 58 heavy (non-hydrogen) atoms. The standard InChI is InChI=1S/C46H38FN3O8/c47-34-16-21-42-39(27-34)40(51)28-43(57-42)32-12-17-36(18-13-32)54-23-6-9-35-29-50(49-48-35)22-24-53-25-26-55-37-19-14-33(15-20-37)45-46(56-30-31-7-2-1-3-8-31)44(52)38-10-4-5-11-41(38)58-45/h1-5,7-8,10-21,27-29H,6,9,22-26,30H2. The highest BCUT2D eigenvalue weighted by Gasteiger charge is 2.18. The molecular formula is C46H38FN3O8. The van der Waals surface area contributed by atoms with Gasteiger partial charge in [-0.3, -0.25) is 9.59 Å². The molecule has 0 saturated heterocycles. The molecule has 0 aliphatic heterocycles. The lowest BCUT2D eigenvalue weighted by Crippen LogP contribution is -2.12. The van der Waals surface area contributed by atoms with Crippen LogP contribution in [-0.4, -0.2) is 41.4 Å². The van der Waals surface area contributed by atoms with Gasteiger partial charge < -0.3 is 27.8 Å². The molecule has 8 aromatic rings. The Morgan fingerprint density at radius 1 is 0.655 bits per heavy atom. The highest BCUT2D eigenvalue weighted by Crippen LogP contribution is 2.32. The van der Waals surface area contributed by atoms with E-state index >= 15 is 0 Å². The molecule has 12 heteroatoms. The van der Waals surface area contributed by atoms with Crippen molar-refractivity contribution in [1.29, 1.82) is 0 Å². The largest absolute Gasteiger partial charge is 0.494 e. The van der Waals surface area contributed by atoms with Gasteiger partial charge in [-0.1, -0.05) is 47.7 Å². The zero-order valence-corrected chi connectivity index (χ0v) is 31.3. The summed E-state index contributed by atoms with van der Waals surface area (Å²) in [7, 11) is 0. The van der Waals surface area contributed by atoms with Crippen molar-refractivity contribution in [2.45, 2.75) is 26.0 Å². The first-order valence-corrected chi connectivity index (χ1v) is 18.9. The highest BCUT2D eigenvalue weighted by molar-refractivity contribution is 5.82. The first-order chi connectivity index (χ1) is 28.5. The Kier molecular flexibility index (Phi) is 11.6. The summed E-state index contributed by atoms with van der Waals surface area (Å²) in [6.07, 6.45) is 3.34. The molecule has 0 unspecified atom stereocenters. The first kappa shape index (κ1) is 37.9. The number of nitrogens with zero attached hydrogens (tertiary/aromatic N) is 3. The zero-order chi connectivity index (χ0) is 39.7. The molecule has 0 aliphatic carbocycles. The summed E-state index contributed by atoms with van der Waals surface area (Å²) in [6.45, 7) is 2.44. The van der Waals surface area contributed by atoms with E-state index in [0.29, 0.717) is 90.1 Å². The van der Waals surface area contributed by atoms with E-state index < -0.39 is 5.82 Å². The fraction of sp³-hybridized carbons (Fsp3) is 0.174.